The Labute approximate surface area is 134 Å². The molecule has 2 atom stereocenters. The van der Waals surface area contributed by atoms with Gasteiger partial charge in [0, 0.05) is 24.7 Å². The maximum Gasteiger partial charge on any atom is 0.287 e. The molecule has 3 rings (SSSR count). The second-order valence-electron chi connectivity index (χ2n) is 5.53. The SMILES string of the molecule is Cc1cnc(C(=O)N[C@@H]2COCC[C@H]2OCc2ccccn2)[nH]1. The molecule has 0 unspecified atom stereocenters. The number of aromatic nitrogens is 3. The number of nitrogens with one attached hydrogen (secondary N) is 2. The zero-order valence-corrected chi connectivity index (χ0v) is 13.0. The zero-order valence-electron chi connectivity index (χ0n) is 13.0. The van der Waals surface area contributed by atoms with Crippen LogP contribution in [-0.2, 0) is 16.1 Å². The van der Waals surface area contributed by atoms with Crippen LogP contribution in [0.4, 0.5) is 0 Å². The lowest BCUT2D eigenvalue weighted by atomic mass is 10.1. The summed E-state index contributed by atoms with van der Waals surface area (Å²) in [6, 6.07) is 5.50. The van der Waals surface area contributed by atoms with Crippen LogP contribution in [0, 0.1) is 6.92 Å². The molecule has 1 aliphatic heterocycles. The van der Waals surface area contributed by atoms with Crippen LogP contribution in [0.2, 0.25) is 0 Å². The van der Waals surface area contributed by atoms with Crippen LogP contribution in [0.3, 0.4) is 0 Å². The van der Waals surface area contributed by atoms with Gasteiger partial charge in [0.1, 0.15) is 0 Å². The second-order valence-corrected chi connectivity index (χ2v) is 5.53. The van der Waals surface area contributed by atoms with Gasteiger partial charge in [-0.2, -0.15) is 0 Å². The molecule has 122 valence electrons. The predicted octanol–water partition coefficient (Wildman–Crippen LogP) is 1.22. The minimum absolute atomic E-state index is 0.106. The van der Waals surface area contributed by atoms with Crippen molar-refractivity contribution in [2.45, 2.75) is 32.1 Å². The van der Waals surface area contributed by atoms with E-state index in [1.165, 1.54) is 0 Å². The Morgan fingerprint density at radius 3 is 3.13 bits per heavy atom. The molecule has 1 fully saturated rings. The first-order valence-electron chi connectivity index (χ1n) is 7.64. The molecule has 7 heteroatoms. The van der Waals surface area contributed by atoms with E-state index in [1.54, 1.807) is 12.4 Å². The average Bonchev–Trinajstić information content (AvgIpc) is 3.02. The zero-order chi connectivity index (χ0) is 16.1. The van der Waals surface area contributed by atoms with Crippen molar-refractivity contribution >= 4 is 5.91 Å². The van der Waals surface area contributed by atoms with Crippen LogP contribution in [0.1, 0.15) is 28.4 Å². The Kier molecular flexibility index (Phi) is 4.99. The Morgan fingerprint density at radius 1 is 1.48 bits per heavy atom. The molecule has 0 spiro atoms. The second kappa shape index (κ2) is 7.34. The van der Waals surface area contributed by atoms with E-state index in [0.29, 0.717) is 25.6 Å². The fourth-order valence-electron chi connectivity index (χ4n) is 2.49. The summed E-state index contributed by atoms with van der Waals surface area (Å²) in [7, 11) is 0. The first kappa shape index (κ1) is 15.6. The monoisotopic (exact) mass is 316 g/mol. The number of carbonyl (C=O) groups is 1. The summed E-state index contributed by atoms with van der Waals surface area (Å²) >= 11 is 0. The fraction of sp³-hybridized carbons (Fsp3) is 0.438. The van der Waals surface area contributed by atoms with Gasteiger partial charge in [0.05, 0.1) is 31.1 Å². The third-order valence-electron chi connectivity index (χ3n) is 3.70. The number of hydrogen-bond donors (Lipinski definition) is 2. The van der Waals surface area contributed by atoms with E-state index in [1.807, 2.05) is 25.1 Å². The number of nitrogens with zero attached hydrogens (tertiary/aromatic N) is 2. The predicted molar refractivity (Wildman–Crippen MR) is 82.8 cm³/mol. The molecule has 23 heavy (non-hydrogen) atoms. The number of carbonyl (C=O) groups excluding carboxylic acids is 1. The molecule has 2 aromatic heterocycles. The van der Waals surface area contributed by atoms with Crippen molar-refractivity contribution in [1.82, 2.24) is 20.3 Å². The first-order valence-corrected chi connectivity index (χ1v) is 7.64. The highest BCUT2D eigenvalue weighted by atomic mass is 16.5. The van der Waals surface area contributed by atoms with Gasteiger partial charge < -0.3 is 19.8 Å². The molecule has 3 heterocycles. The van der Waals surface area contributed by atoms with Gasteiger partial charge in [-0.15, -0.1) is 0 Å². The molecule has 7 nitrogen and oxygen atoms in total. The largest absolute Gasteiger partial charge is 0.379 e. The summed E-state index contributed by atoms with van der Waals surface area (Å²) in [4.78, 5) is 23.4. The van der Waals surface area contributed by atoms with Gasteiger partial charge in [-0.1, -0.05) is 6.07 Å². The fourth-order valence-corrected chi connectivity index (χ4v) is 2.49. The summed E-state index contributed by atoms with van der Waals surface area (Å²) < 4.78 is 11.4. The van der Waals surface area contributed by atoms with Crippen LogP contribution in [0.5, 0.6) is 0 Å². The smallest absolute Gasteiger partial charge is 0.287 e. The van der Waals surface area contributed by atoms with Gasteiger partial charge in [0.15, 0.2) is 5.82 Å². The van der Waals surface area contributed by atoms with E-state index in [2.05, 4.69) is 20.3 Å². The number of imidazole rings is 1. The molecular formula is C16H20N4O3. The molecule has 2 N–H and O–H groups in total. The van der Waals surface area contributed by atoms with Crippen molar-refractivity contribution in [1.29, 1.82) is 0 Å². The number of rotatable bonds is 5. The molecule has 0 radical (unpaired) electrons. The topological polar surface area (TPSA) is 89.1 Å². The van der Waals surface area contributed by atoms with Crippen LogP contribution >= 0.6 is 0 Å². The Balaban J connectivity index is 1.58. The standard InChI is InChI=1S/C16H20N4O3/c1-11-8-18-15(19-11)16(21)20-13-10-22-7-5-14(13)23-9-12-4-2-3-6-17-12/h2-4,6,8,13-14H,5,7,9-10H2,1H3,(H,18,19)(H,20,21)/t13-,14-/m1/s1. The van der Waals surface area contributed by atoms with Crippen molar-refractivity contribution < 1.29 is 14.3 Å². The highest BCUT2D eigenvalue weighted by Crippen LogP contribution is 2.14. The summed E-state index contributed by atoms with van der Waals surface area (Å²) in [5.41, 5.74) is 1.71. The Hall–Kier alpha value is -2.25. The highest BCUT2D eigenvalue weighted by molar-refractivity contribution is 5.90. The maximum absolute atomic E-state index is 12.2. The summed E-state index contributed by atoms with van der Waals surface area (Å²) in [5.74, 6) is 0.0524. The van der Waals surface area contributed by atoms with Crippen LogP contribution in [-0.4, -0.2) is 46.2 Å². The summed E-state index contributed by atoms with van der Waals surface area (Å²) in [5, 5.41) is 2.93. The number of aromatic amines is 1. The molecule has 1 saturated heterocycles. The van der Waals surface area contributed by atoms with Crippen molar-refractivity contribution in [3.05, 3.63) is 47.8 Å². The van der Waals surface area contributed by atoms with E-state index in [4.69, 9.17) is 9.47 Å². The van der Waals surface area contributed by atoms with Crippen LogP contribution < -0.4 is 5.32 Å². The van der Waals surface area contributed by atoms with Gasteiger partial charge in [0.25, 0.3) is 5.91 Å². The van der Waals surface area contributed by atoms with E-state index in [0.717, 1.165) is 17.8 Å². The minimum atomic E-state index is -0.250. The van der Waals surface area contributed by atoms with E-state index in [-0.39, 0.29) is 18.1 Å². The van der Waals surface area contributed by atoms with E-state index >= 15 is 0 Å². The number of H-pyrrole nitrogens is 1. The van der Waals surface area contributed by atoms with Crippen molar-refractivity contribution in [3.63, 3.8) is 0 Å². The molecule has 0 aliphatic carbocycles. The van der Waals surface area contributed by atoms with Crippen molar-refractivity contribution in [2.75, 3.05) is 13.2 Å². The van der Waals surface area contributed by atoms with Crippen molar-refractivity contribution in [2.24, 2.45) is 0 Å². The molecule has 0 saturated carbocycles. The Bertz CT molecular complexity index is 644. The van der Waals surface area contributed by atoms with Gasteiger partial charge >= 0.3 is 0 Å². The van der Waals surface area contributed by atoms with Gasteiger partial charge in [-0.25, -0.2) is 4.98 Å². The average molecular weight is 316 g/mol. The normalized spacial score (nSPS) is 21.1. The lowest BCUT2D eigenvalue weighted by Gasteiger charge is -2.31. The van der Waals surface area contributed by atoms with Gasteiger partial charge in [-0.3, -0.25) is 9.78 Å². The Morgan fingerprint density at radius 2 is 2.39 bits per heavy atom. The van der Waals surface area contributed by atoms with Crippen LogP contribution in [0.15, 0.2) is 30.6 Å². The molecule has 1 aliphatic rings. The number of aryl methyl sites for hydroxylation is 1. The summed E-state index contributed by atoms with van der Waals surface area (Å²) in [6.45, 7) is 3.32. The van der Waals surface area contributed by atoms with E-state index < -0.39 is 0 Å². The molecular weight excluding hydrogens is 296 g/mol. The van der Waals surface area contributed by atoms with E-state index in [9.17, 15) is 4.79 Å². The number of ether oxygens (including phenoxy) is 2. The number of amides is 1. The maximum atomic E-state index is 12.2. The van der Waals surface area contributed by atoms with Gasteiger partial charge in [0.2, 0.25) is 0 Å². The molecule has 0 aromatic carbocycles. The number of hydrogen-bond acceptors (Lipinski definition) is 5. The highest BCUT2D eigenvalue weighted by Gasteiger charge is 2.29. The third kappa shape index (κ3) is 4.14. The lowest BCUT2D eigenvalue weighted by molar-refractivity contribution is -0.0613. The molecule has 1 amide bonds. The lowest BCUT2D eigenvalue weighted by Crippen LogP contribution is -2.50. The third-order valence-corrected chi connectivity index (χ3v) is 3.70. The first-order chi connectivity index (χ1) is 11.2. The van der Waals surface area contributed by atoms with Crippen LogP contribution in [0.25, 0.3) is 0 Å². The number of pyridine rings is 1. The molecule has 0 bridgehead atoms. The van der Waals surface area contributed by atoms with Crippen molar-refractivity contribution in [3.8, 4) is 0 Å². The minimum Gasteiger partial charge on any atom is -0.379 e. The quantitative estimate of drug-likeness (QED) is 0.865. The molecule has 2 aromatic rings. The van der Waals surface area contributed by atoms with Gasteiger partial charge in [-0.05, 0) is 25.5 Å². The summed E-state index contributed by atoms with van der Waals surface area (Å²) in [6.07, 6.45) is 3.99.